The smallest absolute Gasteiger partial charge is 0.256 e. The maximum atomic E-state index is 13.4. The van der Waals surface area contributed by atoms with Gasteiger partial charge in [-0.3, -0.25) is 14.3 Å². The number of anilines is 1. The maximum Gasteiger partial charge on any atom is 0.256 e. The normalized spacial score (nSPS) is 14.3. The highest BCUT2D eigenvalue weighted by atomic mass is 35.5. The van der Waals surface area contributed by atoms with Crippen molar-refractivity contribution in [1.29, 1.82) is 0 Å². The van der Waals surface area contributed by atoms with Gasteiger partial charge in [0.1, 0.15) is 0 Å². The Morgan fingerprint density at radius 3 is 2.40 bits per heavy atom. The van der Waals surface area contributed by atoms with Gasteiger partial charge in [-0.1, -0.05) is 11.6 Å². The van der Waals surface area contributed by atoms with Crippen LogP contribution in [0.4, 0.5) is 5.69 Å². The zero-order valence-electron chi connectivity index (χ0n) is 16.1. The van der Waals surface area contributed by atoms with Crippen molar-refractivity contribution in [2.45, 2.75) is 0 Å². The second kappa shape index (κ2) is 7.76. The topological polar surface area (TPSA) is 67.2 Å². The number of nitrogens with zero attached hydrogens (tertiary/aromatic N) is 6. The minimum Gasteiger partial charge on any atom is -0.368 e. The largest absolute Gasteiger partial charge is 0.368 e. The third-order valence-electron chi connectivity index (χ3n) is 5.36. The van der Waals surface area contributed by atoms with Crippen molar-refractivity contribution in [3.8, 4) is 5.95 Å². The molecule has 1 fully saturated rings. The van der Waals surface area contributed by atoms with Gasteiger partial charge in [-0.2, -0.15) is 0 Å². The van der Waals surface area contributed by atoms with Crippen LogP contribution in [0, 0.1) is 0 Å². The van der Waals surface area contributed by atoms with Crippen LogP contribution in [0.2, 0.25) is 5.02 Å². The lowest BCUT2D eigenvalue weighted by molar-refractivity contribution is 0.0748. The van der Waals surface area contributed by atoms with Crippen molar-refractivity contribution in [2.75, 3.05) is 31.1 Å². The first-order chi connectivity index (χ1) is 14.7. The molecule has 1 aliphatic heterocycles. The van der Waals surface area contributed by atoms with Gasteiger partial charge in [-0.15, -0.1) is 0 Å². The molecule has 0 N–H and O–H groups in total. The summed E-state index contributed by atoms with van der Waals surface area (Å²) in [6.07, 6.45) is 8.62. The highest BCUT2D eigenvalue weighted by molar-refractivity contribution is 6.30. The van der Waals surface area contributed by atoms with Gasteiger partial charge in [0.15, 0.2) is 0 Å². The molecule has 3 aromatic heterocycles. The van der Waals surface area contributed by atoms with E-state index in [1.54, 1.807) is 30.9 Å². The van der Waals surface area contributed by atoms with E-state index < -0.39 is 0 Å². The first kappa shape index (κ1) is 18.6. The van der Waals surface area contributed by atoms with Crippen molar-refractivity contribution in [3.05, 3.63) is 78.0 Å². The molecule has 1 aromatic carbocycles. The van der Waals surface area contributed by atoms with Gasteiger partial charge in [0.25, 0.3) is 5.91 Å². The van der Waals surface area contributed by atoms with Crippen molar-refractivity contribution in [1.82, 2.24) is 24.4 Å². The van der Waals surface area contributed by atoms with E-state index in [0.717, 1.165) is 34.7 Å². The van der Waals surface area contributed by atoms with Crippen LogP contribution in [0.5, 0.6) is 0 Å². The number of piperazine rings is 1. The molecule has 4 heterocycles. The van der Waals surface area contributed by atoms with Crippen molar-refractivity contribution < 1.29 is 4.79 Å². The molecule has 7 nitrogen and oxygen atoms in total. The first-order valence-electron chi connectivity index (χ1n) is 9.73. The number of fused-ring (bicyclic) bond motifs is 1. The number of aromatic nitrogens is 4. The molecule has 0 saturated carbocycles. The Bertz CT molecular complexity index is 1180. The van der Waals surface area contributed by atoms with E-state index in [1.807, 2.05) is 46.0 Å². The van der Waals surface area contributed by atoms with Gasteiger partial charge in [-0.05, 0) is 36.4 Å². The highest BCUT2D eigenvalue weighted by Crippen LogP contribution is 2.25. The summed E-state index contributed by atoms with van der Waals surface area (Å²) < 4.78 is 1.82. The molecule has 1 saturated heterocycles. The molecular formula is C22H19ClN6O. The molecule has 5 rings (SSSR count). The number of hydrogen-bond donors (Lipinski definition) is 0. The van der Waals surface area contributed by atoms with E-state index in [1.165, 1.54) is 0 Å². The number of hydrogen-bond acceptors (Lipinski definition) is 5. The molecule has 0 aliphatic carbocycles. The molecule has 0 bridgehead atoms. The predicted molar refractivity (Wildman–Crippen MR) is 116 cm³/mol. The van der Waals surface area contributed by atoms with Crippen LogP contribution in [0.25, 0.3) is 16.9 Å². The molecule has 4 aromatic rings. The minimum atomic E-state index is 0.0108. The van der Waals surface area contributed by atoms with Gasteiger partial charge in [0, 0.05) is 67.1 Å². The van der Waals surface area contributed by atoms with Gasteiger partial charge < -0.3 is 9.80 Å². The summed E-state index contributed by atoms with van der Waals surface area (Å²) in [5.41, 5.74) is 2.57. The van der Waals surface area contributed by atoms with E-state index in [9.17, 15) is 4.79 Å². The van der Waals surface area contributed by atoms with Gasteiger partial charge >= 0.3 is 0 Å². The van der Waals surface area contributed by atoms with E-state index >= 15 is 0 Å². The number of carbonyl (C=O) groups excluding carboxylic acids is 1. The minimum absolute atomic E-state index is 0.0108. The SMILES string of the molecule is O=C(c1cn(-c2ncccn2)c2cnccc12)N1CCN(c2ccc(Cl)cc2)CC1. The van der Waals surface area contributed by atoms with Crippen molar-refractivity contribution in [2.24, 2.45) is 0 Å². The van der Waals surface area contributed by atoms with E-state index in [-0.39, 0.29) is 5.91 Å². The zero-order valence-corrected chi connectivity index (χ0v) is 16.9. The second-order valence-electron chi connectivity index (χ2n) is 7.11. The average Bonchev–Trinajstić information content (AvgIpc) is 3.20. The number of benzene rings is 1. The van der Waals surface area contributed by atoms with Crippen LogP contribution in [-0.2, 0) is 0 Å². The lowest BCUT2D eigenvalue weighted by Gasteiger charge is -2.36. The lowest BCUT2D eigenvalue weighted by atomic mass is 10.1. The first-order valence-corrected chi connectivity index (χ1v) is 10.1. The zero-order chi connectivity index (χ0) is 20.5. The molecule has 8 heteroatoms. The highest BCUT2D eigenvalue weighted by Gasteiger charge is 2.25. The summed E-state index contributed by atoms with van der Waals surface area (Å²) in [7, 11) is 0. The number of carbonyl (C=O) groups is 1. The lowest BCUT2D eigenvalue weighted by Crippen LogP contribution is -2.48. The third-order valence-corrected chi connectivity index (χ3v) is 5.62. The fourth-order valence-electron chi connectivity index (χ4n) is 3.82. The van der Waals surface area contributed by atoms with Crippen LogP contribution in [0.1, 0.15) is 10.4 Å². The Kier molecular flexibility index (Phi) is 4.80. The third kappa shape index (κ3) is 3.37. The maximum absolute atomic E-state index is 13.4. The van der Waals surface area contributed by atoms with E-state index in [0.29, 0.717) is 24.6 Å². The second-order valence-corrected chi connectivity index (χ2v) is 7.55. The molecule has 0 atom stereocenters. The van der Waals surface area contributed by atoms with Crippen LogP contribution in [0.15, 0.2) is 67.4 Å². The Morgan fingerprint density at radius 1 is 0.933 bits per heavy atom. The summed E-state index contributed by atoms with van der Waals surface area (Å²) in [5, 5.41) is 1.57. The molecule has 150 valence electrons. The monoisotopic (exact) mass is 418 g/mol. The summed E-state index contributed by atoms with van der Waals surface area (Å²) in [6, 6.07) is 11.4. The molecule has 30 heavy (non-hydrogen) atoms. The average molecular weight is 419 g/mol. The Hall–Kier alpha value is -3.45. The molecule has 0 radical (unpaired) electrons. The van der Waals surface area contributed by atoms with Crippen LogP contribution in [-0.4, -0.2) is 56.5 Å². The molecular weight excluding hydrogens is 400 g/mol. The van der Waals surface area contributed by atoms with Crippen LogP contribution >= 0.6 is 11.6 Å². The summed E-state index contributed by atoms with van der Waals surface area (Å²) in [5.74, 6) is 0.527. The molecule has 0 spiro atoms. The number of amides is 1. The molecule has 0 unspecified atom stereocenters. The van der Waals surface area contributed by atoms with Crippen LogP contribution in [0.3, 0.4) is 0 Å². The van der Waals surface area contributed by atoms with Crippen molar-refractivity contribution in [3.63, 3.8) is 0 Å². The van der Waals surface area contributed by atoms with Gasteiger partial charge in [0.2, 0.25) is 5.95 Å². The fraction of sp³-hybridized carbons (Fsp3) is 0.182. The van der Waals surface area contributed by atoms with Gasteiger partial charge in [-0.25, -0.2) is 9.97 Å². The van der Waals surface area contributed by atoms with E-state index in [4.69, 9.17) is 11.6 Å². The standard InChI is InChI=1S/C22H19ClN6O/c23-16-2-4-17(5-3-16)27-10-12-28(13-11-27)21(30)19-15-29(22-25-7-1-8-26-22)20-14-24-9-6-18(19)20/h1-9,14-15H,10-13H2. The molecule has 1 aliphatic rings. The van der Waals surface area contributed by atoms with Crippen LogP contribution < -0.4 is 4.90 Å². The Morgan fingerprint density at radius 2 is 1.67 bits per heavy atom. The number of rotatable bonds is 3. The molecule has 1 amide bonds. The number of halogens is 1. The Balaban J connectivity index is 1.40. The predicted octanol–water partition coefficient (Wildman–Crippen LogP) is 3.43. The number of pyridine rings is 1. The summed E-state index contributed by atoms with van der Waals surface area (Å²) in [6.45, 7) is 2.85. The van der Waals surface area contributed by atoms with E-state index in [2.05, 4.69) is 19.9 Å². The van der Waals surface area contributed by atoms with Crippen molar-refractivity contribution >= 4 is 34.1 Å². The fourth-order valence-corrected chi connectivity index (χ4v) is 3.94. The Labute approximate surface area is 178 Å². The van der Waals surface area contributed by atoms with Gasteiger partial charge in [0.05, 0.1) is 17.3 Å². The quantitative estimate of drug-likeness (QED) is 0.510. The summed E-state index contributed by atoms with van der Waals surface area (Å²) in [4.78, 5) is 30.4. The summed E-state index contributed by atoms with van der Waals surface area (Å²) >= 11 is 5.99.